The summed E-state index contributed by atoms with van der Waals surface area (Å²) in [7, 11) is 1.87. The van der Waals surface area contributed by atoms with E-state index in [1.165, 1.54) is 6.33 Å². The van der Waals surface area contributed by atoms with E-state index in [1.807, 2.05) is 20.9 Å². The molecule has 2 aromatic heterocycles. The van der Waals surface area contributed by atoms with Crippen molar-refractivity contribution in [1.82, 2.24) is 24.6 Å². The summed E-state index contributed by atoms with van der Waals surface area (Å²) in [6.07, 6.45) is 3.09. The molecule has 1 saturated carbocycles. The Bertz CT molecular complexity index is 772. The fourth-order valence-electron chi connectivity index (χ4n) is 2.73. The molecular weight excluding hydrogens is 298 g/mol. The third kappa shape index (κ3) is 2.71. The number of nitrogens with one attached hydrogen (secondary N) is 1. The molecule has 0 saturated heterocycles. The number of aryl methyl sites for hydroxylation is 2. The molecule has 0 aliphatic heterocycles. The summed E-state index contributed by atoms with van der Waals surface area (Å²) in [5.41, 5.74) is 2.68. The molecule has 2 N–H and O–H groups in total. The van der Waals surface area contributed by atoms with Crippen LogP contribution in [0, 0.1) is 13.8 Å². The van der Waals surface area contributed by atoms with Crippen LogP contribution in [-0.4, -0.2) is 47.7 Å². The molecule has 8 heteroatoms. The zero-order valence-corrected chi connectivity index (χ0v) is 13.3. The minimum Gasteiger partial charge on any atom is -0.477 e. The van der Waals surface area contributed by atoms with Crippen LogP contribution in [0.4, 0.5) is 0 Å². The van der Waals surface area contributed by atoms with Gasteiger partial charge < -0.3 is 15.0 Å². The summed E-state index contributed by atoms with van der Waals surface area (Å²) in [5, 5.41) is 13.5. The van der Waals surface area contributed by atoms with Crippen LogP contribution in [0.5, 0.6) is 0 Å². The van der Waals surface area contributed by atoms with Gasteiger partial charge in [0.2, 0.25) is 0 Å². The number of imidazole rings is 1. The number of rotatable bonds is 5. The van der Waals surface area contributed by atoms with E-state index in [4.69, 9.17) is 5.11 Å². The summed E-state index contributed by atoms with van der Waals surface area (Å²) >= 11 is 0. The zero-order valence-electron chi connectivity index (χ0n) is 13.3. The number of carboxylic acid groups (broad SMARTS) is 1. The first kappa shape index (κ1) is 15.3. The van der Waals surface area contributed by atoms with E-state index in [-0.39, 0.29) is 23.3 Å². The highest BCUT2D eigenvalue weighted by molar-refractivity contribution is 6.02. The van der Waals surface area contributed by atoms with Crippen molar-refractivity contribution in [3.63, 3.8) is 0 Å². The number of carboxylic acids is 1. The van der Waals surface area contributed by atoms with Gasteiger partial charge in [-0.2, -0.15) is 5.10 Å². The normalized spacial score (nSPS) is 14.0. The number of H-pyrrole nitrogens is 1. The van der Waals surface area contributed by atoms with Crippen molar-refractivity contribution < 1.29 is 14.7 Å². The van der Waals surface area contributed by atoms with Crippen molar-refractivity contribution in [2.45, 2.75) is 39.3 Å². The molecule has 1 fully saturated rings. The molecule has 23 heavy (non-hydrogen) atoms. The Hall–Kier alpha value is -2.64. The Labute approximate surface area is 133 Å². The maximum Gasteiger partial charge on any atom is 0.354 e. The Morgan fingerprint density at radius 2 is 2.13 bits per heavy atom. The molecule has 0 spiro atoms. The van der Waals surface area contributed by atoms with Crippen molar-refractivity contribution in [3.8, 4) is 0 Å². The van der Waals surface area contributed by atoms with E-state index in [9.17, 15) is 9.59 Å². The minimum atomic E-state index is -1.18. The van der Waals surface area contributed by atoms with Gasteiger partial charge in [0.05, 0.1) is 12.0 Å². The first-order valence-corrected chi connectivity index (χ1v) is 7.46. The molecule has 8 nitrogen and oxygen atoms in total. The van der Waals surface area contributed by atoms with Gasteiger partial charge in [0.25, 0.3) is 5.91 Å². The van der Waals surface area contributed by atoms with Gasteiger partial charge >= 0.3 is 5.97 Å². The van der Waals surface area contributed by atoms with E-state index in [1.54, 1.807) is 9.58 Å². The molecule has 1 aliphatic rings. The molecule has 0 atom stereocenters. The van der Waals surface area contributed by atoms with Gasteiger partial charge in [-0.25, -0.2) is 9.78 Å². The van der Waals surface area contributed by atoms with Crippen molar-refractivity contribution >= 4 is 11.9 Å². The lowest BCUT2D eigenvalue weighted by atomic mass is 10.1. The lowest BCUT2D eigenvalue weighted by molar-refractivity contribution is 0.0661. The van der Waals surface area contributed by atoms with Crippen molar-refractivity contribution in [2.75, 3.05) is 0 Å². The Kier molecular flexibility index (Phi) is 3.67. The average Bonchev–Trinajstić information content (AvgIpc) is 3.15. The first-order chi connectivity index (χ1) is 10.9. The standard InChI is InChI=1S/C15H19N5O3/c1-8-11(9(2)19(3)18-8)6-20(10-4-5-10)14(21)12-13(15(22)23)17-7-16-12/h7,10H,4-6H2,1-3H3,(H,16,17)(H,22,23). The van der Waals surface area contributed by atoms with E-state index in [0.717, 1.165) is 29.8 Å². The van der Waals surface area contributed by atoms with Crippen LogP contribution < -0.4 is 0 Å². The molecule has 1 amide bonds. The summed E-state index contributed by atoms with van der Waals surface area (Å²) in [5.74, 6) is -1.54. The third-order valence-corrected chi connectivity index (χ3v) is 4.29. The molecule has 2 heterocycles. The van der Waals surface area contributed by atoms with Gasteiger partial charge in [0.1, 0.15) is 0 Å². The molecule has 2 aromatic rings. The SMILES string of the molecule is Cc1nn(C)c(C)c1CN(C(=O)c1nc[nH]c1C(=O)O)C1CC1. The van der Waals surface area contributed by atoms with Gasteiger partial charge in [0, 0.05) is 30.9 Å². The minimum absolute atomic E-state index is 0.0383. The summed E-state index contributed by atoms with van der Waals surface area (Å²) in [6.45, 7) is 4.29. The maximum absolute atomic E-state index is 12.8. The second-order valence-electron chi connectivity index (χ2n) is 5.87. The zero-order chi connectivity index (χ0) is 16.7. The Balaban J connectivity index is 1.91. The van der Waals surface area contributed by atoms with Crippen LogP contribution in [0.15, 0.2) is 6.33 Å². The smallest absolute Gasteiger partial charge is 0.354 e. The predicted molar refractivity (Wildman–Crippen MR) is 81.1 cm³/mol. The summed E-state index contributed by atoms with van der Waals surface area (Å²) in [4.78, 5) is 32.1. The molecule has 122 valence electrons. The van der Waals surface area contributed by atoms with Crippen molar-refractivity contribution in [3.05, 3.63) is 34.7 Å². The van der Waals surface area contributed by atoms with Crippen LogP contribution in [0.25, 0.3) is 0 Å². The van der Waals surface area contributed by atoms with E-state index in [2.05, 4.69) is 15.1 Å². The molecule has 0 bridgehead atoms. The lowest BCUT2D eigenvalue weighted by Crippen LogP contribution is -2.34. The van der Waals surface area contributed by atoms with Gasteiger partial charge in [-0.05, 0) is 26.7 Å². The van der Waals surface area contributed by atoms with Crippen LogP contribution in [0.3, 0.4) is 0 Å². The number of hydrogen-bond acceptors (Lipinski definition) is 4. The monoisotopic (exact) mass is 317 g/mol. The highest BCUT2D eigenvalue weighted by Gasteiger charge is 2.36. The molecule has 1 aliphatic carbocycles. The lowest BCUT2D eigenvalue weighted by Gasteiger charge is -2.22. The highest BCUT2D eigenvalue weighted by atomic mass is 16.4. The Morgan fingerprint density at radius 1 is 1.43 bits per heavy atom. The van der Waals surface area contributed by atoms with Crippen molar-refractivity contribution in [1.29, 1.82) is 0 Å². The number of hydrogen-bond donors (Lipinski definition) is 2. The van der Waals surface area contributed by atoms with Gasteiger partial charge in [-0.15, -0.1) is 0 Å². The predicted octanol–water partition coefficient (Wildman–Crippen LogP) is 1.26. The number of aromatic carboxylic acids is 1. The number of carbonyl (C=O) groups excluding carboxylic acids is 1. The van der Waals surface area contributed by atoms with Crippen LogP contribution in [0.2, 0.25) is 0 Å². The van der Waals surface area contributed by atoms with Crippen LogP contribution in [0.1, 0.15) is 50.8 Å². The van der Waals surface area contributed by atoms with Crippen LogP contribution >= 0.6 is 0 Å². The van der Waals surface area contributed by atoms with Gasteiger partial charge in [-0.3, -0.25) is 9.48 Å². The molecule has 0 unspecified atom stereocenters. The molecule has 3 rings (SSSR count). The fraction of sp³-hybridized carbons (Fsp3) is 0.467. The largest absolute Gasteiger partial charge is 0.477 e. The second-order valence-corrected chi connectivity index (χ2v) is 5.87. The quantitative estimate of drug-likeness (QED) is 0.864. The molecular formula is C15H19N5O3. The number of nitrogens with zero attached hydrogens (tertiary/aromatic N) is 4. The van der Waals surface area contributed by atoms with E-state index in [0.29, 0.717) is 6.54 Å². The average molecular weight is 317 g/mol. The second kappa shape index (κ2) is 5.53. The third-order valence-electron chi connectivity index (χ3n) is 4.29. The maximum atomic E-state index is 12.8. The molecule has 0 aromatic carbocycles. The summed E-state index contributed by atoms with van der Waals surface area (Å²) < 4.78 is 1.79. The van der Waals surface area contributed by atoms with E-state index < -0.39 is 5.97 Å². The number of carbonyl (C=O) groups is 2. The van der Waals surface area contributed by atoms with Gasteiger partial charge in [0.15, 0.2) is 11.4 Å². The molecule has 0 radical (unpaired) electrons. The summed E-state index contributed by atoms with van der Waals surface area (Å²) in [6, 6.07) is 0.139. The van der Waals surface area contributed by atoms with Crippen LogP contribution in [-0.2, 0) is 13.6 Å². The Morgan fingerprint density at radius 3 is 2.65 bits per heavy atom. The number of amides is 1. The fourth-order valence-corrected chi connectivity index (χ4v) is 2.73. The first-order valence-electron chi connectivity index (χ1n) is 7.46. The number of aromatic nitrogens is 4. The number of aromatic amines is 1. The topological polar surface area (TPSA) is 104 Å². The van der Waals surface area contributed by atoms with E-state index >= 15 is 0 Å². The van der Waals surface area contributed by atoms with Gasteiger partial charge in [-0.1, -0.05) is 0 Å². The highest BCUT2D eigenvalue weighted by Crippen LogP contribution is 2.31. The van der Waals surface area contributed by atoms with Crippen molar-refractivity contribution in [2.24, 2.45) is 7.05 Å².